The number of nitrogens with two attached hydrogens (primary N) is 1. The van der Waals surface area contributed by atoms with Crippen LogP contribution in [0, 0.1) is 0 Å². The largest absolute Gasteiger partial charge is 0.382 e. The van der Waals surface area contributed by atoms with Crippen LogP contribution in [0.4, 0.5) is 5.82 Å². The third-order valence-corrected chi connectivity index (χ3v) is 5.63. The number of carbonyl (C=O) groups is 1. The van der Waals surface area contributed by atoms with Gasteiger partial charge in [-0.25, -0.2) is 9.97 Å². The fourth-order valence-corrected chi connectivity index (χ4v) is 3.66. The second kappa shape index (κ2) is 10.2. The zero-order valence-corrected chi connectivity index (χ0v) is 19.0. The maximum Gasteiger partial charge on any atom is 0.251 e. The van der Waals surface area contributed by atoms with Gasteiger partial charge in [0.25, 0.3) is 5.91 Å². The SMILES string of the molecule is C/C(=N\N1CCN(C)CC1)c1nc(-c2cccc(C(=O)NCc3ccccc3)c2)cnc1N. The van der Waals surface area contributed by atoms with Crippen LogP contribution in [-0.4, -0.2) is 64.7 Å². The highest BCUT2D eigenvalue weighted by molar-refractivity contribution is 6.01. The predicted molar refractivity (Wildman–Crippen MR) is 131 cm³/mol. The van der Waals surface area contributed by atoms with Crippen molar-refractivity contribution < 1.29 is 4.79 Å². The van der Waals surface area contributed by atoms with Crippen LogP contribution < -0.4 is 11.1 Å². The highest BCUT2D eigenvalue weighted by Gasteiger charge is 2.15. The molecule has 0 saturated carbocycles. The van der Waals surface area contributed by atoms with Crippen molar-refractivity contribution in [2.24, 2.45) is 5.10 Å². The fraction of sp³-hybridized carbons (Fsp3) is 0.280. The molecule has 0 unspecified atom stereocenters. The van der Waals surface area contributed by atoms with E-state index in [1.807, 2.05) is 60.5 Å². The molecule has 3 aromatic rings. The van der Waals surface area contributed by atoms with Crippen LogP contribution in [-0.2, 0) is 6.54 Å². The Morgan fingerprint density at radius 1 is 1.09 bits per heavy atom. The Morgan fingerprint density at radius 2 is 1.85 bits per heavy atom. The summed E-state index contributed by atoms with van der Waals surface area (Å²) in [5.74, 6) is 0.197. The van der Waals surface area contributed by atoms with Gasteiger partial charge in [-0.15, -0.1) is 0 Å². The molecule has 8 nitrogen and oxygen atoms in total. The first-order chi connectivity index (χ1) is 16.0. The van der Waals surface area contributed by atoms with Crippen molar-refractivity contribution in [2.75, 3.05) is 39.0 Å². The van der Waals surface area contributed by atoms with Gasteiger partial charge in [-0.1, -0.05) is 42.5 Å². The van der Waals surface area contributed by atoms with Gasteiger partial charge in [0.05, 0.1) is 17.6 Å². The molecule has 0 radical (unpaired) electrons. The number of rotatable bonds is 6. The number of aromatic nitrogens is 2. The van der Waals surface area contributed by atoms with Crippen LogP contribution >= 0.6 is 0 Å². The summed E-state index contributed by atoms with van der Waals surface area (Å²) >= 11 is 0. The van der Waals surface area contributed by atoms with E-state index >= 15 is 0 Å². The number of nitrogens with zero attached hydrogens (tertiary/aromatic N) is 5. The first kappa shape index (κ1) is 22.4. The number of hydrogen-bond acceptors (Lipinski definition) is 7. The van der Waals surface area contributed by atoms with E-state index in [0.29, 0.717) is 29.3 Å². The Hall–Kier alpha value is -3.78. The third kappa shape index (κ3) is 5.72. The summed E-state index contributed by atoms with van der Waals surface area (Å²) in [6.45, 7) is 6.03. The van der Waals surface area contributed by atoms with E-state index in [2.05, 4.69) is 22.2 Å². The van der Waals surface area contributed by atoms with E-state index in [9.17, 15) is 4.79 Å². The van der Waals surface area contributed by atoms with E-state index in [1.54, 1.807) is 12.3 Å². The zero-order chi connectivity index (χ0) is 23.2. The number of hydrogen-bond donors (Lipinski definition) is 2. The molecule has 2 aromatic carbocycles. The second-order valence-corrected chi connectivity index (χ2v) is 8.18. The van der Waals surface area contributed by atoms with Crippen LogP contribution in [0.25, 0.3) is 11.3 Å². The Balaban J connectivity index is 1.51. The molecule has 170 valence electrons. The van der Waals surface area contributed by atoms with Crippen molar-refractivity contribution in [2.45, 2.75) is 13.5 Å². The van der Waals surface area contributed by atoms with Crippen molar-refractivity contribution in [3.63, 3.8) is 0 Å². The van der Waals surface area contributed by atoms with Crippen molar-refractivity contribution in [3.05, 3.63) is 77.6 Å². The van der Waals surface area contributed by atoms with Gasteiger partial charge in [0.2, 0.25) is 0 Å². The smallest absolute Gasteiger partial charge is 0.251 e. The van der Waals surface area contributed by atoms with Gasteiger partial charge in [-0.3, -0.25) is 9.80 Å². The minimum atomic E-state index is -0.142. The molecule has 8 heteroatoms. The molecule has 0 aliphatic carbocycles. The van der Waals surface area contributed by atoms with Crippen LogP contribution in [0.5, 0.6) is 0 Å². The molecule has 4 rings (SSSR count). The van der Waals surface area contributed by atoms with Crippen LogP contribution in [0.2, 0.25) is 0 Å². The van der Waals surface area contributed by atoms with Crippen molar-refractivity contribution >= 4 is 17.4 Å². The number of hydrazone groups is 1. The monoisotopic (exact) mass is 443 g/mol. The summed E-state index contributed by atoms with van der Waals surface area (Å²) in [7, 11) is 2.11. The molecule has 3 N–H and O–H groups in total. The lowest BCUT2D eigenvalue weighted by Gasteiger charge is -2.30. The number of anilines is 1. The highest BCUT2D eigenvalue weighted by atomic mass is 16.1. The summed E-state index contributed by atoms with van der Waals surface area (Å²) in [5.41, 5.74) is 10.5. The Kier molecular flexibility index (Phi) is 6.95. The fourth-order valence-electron chi connectivity index (χ4n) is 3.66. The number of nitrogens with one attached hydrogen (secondary N) is 1. The number of amides is 1. The molecule has 0 bridgehead atoms. The topological polar surface area (TPSA) is 99.7 Å². The number of piperazine rings is 1. The molecular formula is C25H29N7O. The van der Waals surface area contributed by atoms with E-state index in [0.717, 1.165) is 43.0 Å². The second-order valence-electron chi connectivity index (χ2n) is 8.18. The van der Waals surface area contributed by atoms with E-state index < -0.39 is 0 Å². The molecule has 0 spiro atoms. The summed E-state index contributed by atoms with van der Waals surface area (Å²) in [6.07, 6.45) is 1.63. The molecule has 1 fully saturated rings. The van der Waals surface area contributed by atoms with Crippen LogP contribution in [0.1, 0.15) is 28.5 Å². The highest BCUT2D eigenvalue weighted by Crippen LogP contribution is 2.21. The van der Waals surface area contributed by atoms with E-state index in [-0.39, 0.29) is 5.91 Å². The average molecular weight is 444 g/mol. The number of nitrogen functional groups attached to an aromatic ring is 1. The van der Waals surface area contributed by atoms with Gasteiger partial charge in [-0.2, -0.15) is 5.10 Å². The molecule has 1 aliphatic heterocycles. The molecule has 1 aromatic heterocycles. The summed E-state index contributed by atoms with van der Waals surface area (Å²) in [4.78, 5) is 24.0. The minimum absolute atomic E-state index is 0.142. The molecule has 33 heavy (non-hydrogen) atoms. The standard InChI is InChI=1S/C25H29N7O/c1-18(30-32-13-11-31(2)12-14-32)23-24(26)27-17-22(29-23)20-9-6-10-21(15-20)25(33)28-16-19-7-4-3-5-8-19/h3-10,15,17H,11-14,16H2,1-2H3,(H2,26,27)(H,28,33)/b30-18+. The average Bonchev–Trinajstić information content (AvgIpc) is 2.85. The van der Waals surface area contributed by atoms with Crippen LogP contribution in [0.3, 0.4) is 0 Å². The lowest BCUT2D eigenvalue weighted by atomic mass is 10.1. The Bertz CT molecular complexity index is 1140. The van der Waals surface area contributed by atoms with Gasteiger partial charge < -0.3 is 16.0 Å². The molecular weight excluding hydrogens is 414 g/mol. The Morgan fingerprint density at radius 3 is 2.61 bits per heavy atom. The third-order valence-electron chi connectivity index (χ3n) is 5.63. The minimum Gasteiger partial charge on any atom is -0.382 e. The maximum atomic E-state index is 12.7. The Labute approximate surface area is 194 Å². The first-order valence-electron chi connectivity index (χ1n) is 11.0. The van der Waals surface area contributed by atoms with Crippen LogP contribution in [0.15, 0.2) is 65.9 Å². The van der Waals surface area contributed by atoms with Crippen molar-refractivity contribution in [3.8, 4) is 11.3 Å². The van der Waals surface area contributed by atoms with E-state index in [1.165, 1.54) is 0 Å². The summed E-state index contributed by atoms with van der Waals surface area (Å²) in [6, 6.07) is 17.2. The molecule has 1 aliphatic rings. The zero-order valence-electron chi connectivity index (χ0n) is 19.0. The van der Waals surface area contributed by atoms with E-state index in [4.69, 9.17) is 15.8 Å². The lowest BCUT2D eigenvalue weighted by Crippen LogP contribution is -2.42. The number of carbonyl (C=O) groups excluding carboxylic acids is 1. The quantitative estimate of drug-likeness (QED) is 0.568. The molecule has 0 atom stereocenters. The lowest BCUT2D eigenvalue weighted by molar-refractivity contribution is 0.0951. The maximum absolute atomic E-state index is 12.7. The van der Waals surface area contributed by atoms with Crippen molar-refractivity contribution in [1.29, 1.82) is 0 Å². The first-order valence-corrected chi connectivity index (χ1v) is 11.0. The van der Waals surface area contributed by atoms with Gasteiger partial charge >= 0.3 is 0 Å². The summed E-state index contributed by atoms with van der Waals surface area (Å²) in [5, 5.41) is 9.71. The molecule has 1 amide bonds. The number of benzene rings is 2. The van der Waals surface area contributed by atoms with Crippen molar-refractivity contribution in [1.82, 2.24) is 25.2 Å². The normalized spacial score (nSPS) is 14.8. The molecule has 1 saturated heterocycles. The summed E-state index contributed by atoms with van der Waals surface area (Å²) < 4.78 is 0. The van der Waals surface area contributed by atoms with Gasteiger partial charge in [0.15, 0.2) is 5.82 Å². The van der Waals surface area contributed by atoms with Gasteiger partial charge in [0, 0.05) is 43.9 Å². The van der Waals surface area contributed by atoms with Gasteiger partial charge in [-0.05, 0) is 31.7 Å². The van der Waals surface area contributed by atoms with Gasteiger partial charge in [0.1, 0.15) is 5.69 Å². The predicted octanol–water partition coefficient (Wildman–Crippen LogP) is 2.63. The molecule has 2 heterocycles. The number of likely N-dealkylation sites (N-methyl/N-ethyl adjacent to an activating group) is 1.